The largest absolute Gasteiger partial charge is 0.480 e. The molecule has 0 amide bonds. The Hall–Kier alpha value is -0.610. The number of carboxylic acids is 1. The van der Waals surface area contributed by atoms with Gasteiger partial charge in [-0.05, 0) is 39.9 Å². The summed E-state index contributed by atoms with van der Waals surface area (Å²) < 4.78 is 0. The second-order valence-corrected chi connectivity index (χ2v) is 4.11. The number of hydrogen-bond donors (Lipinski definition) is 2. The van der Waals surface area contributed by atoms with E-state index in [0.717, 1.165) is 19.4 Å². The predicted octanol–water partition coefficient (Wildman–Crippen LogP) is 0.533. The molecule has 0 spiro atoms. The van der Waals surface area contributed by atoms with Crippen LogP contribution in [0.3, 0.4) is 0 Å². The molecule has 1 saturated carbocycles. The molecule has 0 radical (unpaired) electrons. The topological polar surface area (TPSA) is 52.6 Å². The molecule has 82 valence electrons. The molecule has 0 saturated heterocycles. The third kappa shape index (κ3) is 1.91. The fourth-order valence-electron chi connectivity index (χ4n) is 2.18. The van der Waals surface area contributed by atoms with E-state index in [1.165, 1.54) is 0 Å². The molecule has 4 nitrogen and oxygen atoms in total. The number of nitrogens with one attached hydrogen (secondary N) is 1. The van der Waals surface area contributed by atoms with Crippen molar-refractivity contribution < 1.29 is 9.90 Å². The molecule has 0 aromatic heterocycles. The molecule has 0 aromatic carbocycles. The zero-order valence-corrected chi connectivity index (χ0v) is 9.21. The van der Waals surface area contributed by atoms with Crippen molar-refractivity contribution in [3.63, 3.8) is 0 Å². The normalized spacial score (nSPS) is 32.4. The van der Waals surface area contributed by atoms with E-state index >= 15 is 0 Å². The summed E-state index contributed by atoms with van der Waals surface area (Å²) >= 11 is 0. The van der Waals surface area contributed by atoms with Crippen molar-refractivity contribution in [1.82, 2.24) is 10.2 Å². The number of carboxylic acid groups (broad SMARTS) is 1. The molecular formula is C10H20N2O2. The number of aliphatic carboxylic acids is 1. The summed E-state index contributed by atoms with van der Waals surface area (Å²) in [5.74, 6) is -0.716. The summed E-state index contributed by atoms with van der Waals surface area (Å²) in [5, 5.41) is 12.1. The Labute approximate surface area is 85.3 Å². The number of nitrogens with zero attached hydrogens (tertiary/aromatic N) is 1. The number of hydrogen-bond acceptors (Lipinski definition) is 3. The third-order valence-corrected chi connectivity index (χ3v) is 3.50. The SMILES string of the molecule is CCN(C)C1CCC(NC)(C(=O)O)C1. The van der Waals surface area contributed by atoms with E-state index < -0.39 is 11.5 Å². The lowest BCUT2D eigenvalue weighted by molar-refractivity contribution is -0.144. The van der Waals surface area contributed by atoms with Crippen LogP contribution in [0.25, 0.3) is 0 Å². The molecular weight excluding hydrogens is 180 g/mol. The van der Waals surface area contributed by atoms with Crippen LogP contribution in [0.4, 0.5) is 0 Å². The lowest BCUT2D eigenvalue weighted by atomic mass is 9.98. The fraction of sp³-hybridized carbons (Fsp3) is 0.900. The summed E-state index contributed by atoms with van der Waals surface area (Å²) in [4.78, 5) is 13.4. The van der Waals surface area contributed by atoms with Gasteiger partial charge in [-0.3, -0.25) is 4.79 Å². The highest BCUT2D eigenvalue weighted by Gasteiger charge is 2.45. The first-order valence-corrected chi connectivity index (χ1v) is 5.18. The first-order chi connectivity index (χ1) is 6.55. The molecule has 1 fully saturated rings. The summed E-state index contributed by atoms with van der Waals surface area (Å²) in [6.45, 7) is 3.07. The highest BCUT2D eigenvalue weighted by molar-refractivity contribution is 5.79. The van der Waals surface area contributed by atoms with Crippen LogP contribution in [0.15, 0.2) is 0 Å². The van der Waals surface area contributed by atoms with Gasteiger partial charge in [0.2, 0.25) is 0 Å². The van der Waals surface area contributed by atoms with E-state index in [1.54, 1.807) is 7.05 Å². The van der Waals surface area contributed by atoms with Crippen LogP contribution in [-0.2, 0) is 4.79 Å². The van der Waals surface area contributed by atoms with E-state index in [2.05, 4.69) is 24.2 Å². The second-order valence-electron chi connectivity index (χ2n) is 4.11. The fourth-order valence-corrected chi connectivity index (χ4v) is 2.18. The molecule has 0 aromatic rings. The summed E-state index contributed by atoms with van der Waals surface area (Å²) in [6, 6.07) is 0.406. The Morgan fingerprint density at radius 2 is 2.36 bits per heavy atom. The van der Waals surface area contributed by atoms with Gasteiger partial charge in [-0.2, -0.15) is 0 Å². The van der Waals surface area contributed by atoms with Crippen molar-refractivity contribution in [3.8, 4) is 0 Å². The molecule has 2 unspecified atom stereocenters. The van der Waals surface area contributed by atoms with Crippen LogP contribution in [0.1, 0.15) is 26.2 Å². The van der Waals surface area contributed by atoms with Crippen molar-refractivity contribution in [2.45, 2.75) is 37.8 Å². The van der Waals surface area contributed by atoms with Gasteiger partial charge in [0.15, 0.2) is 0 Å². The van der Waals surface area contributed by atoms with Crippen molar-refractivity contribution in [2.24, 2.45) is 0 Å². The van der Waals surface area contributed by atoms with Crippen molar-refractivity contribution >= 4 is 5.97 Å². The monoisotopic (exact) mass is 200 g/mol. The molecule has 1 rings (SSSR count). The van der Waals surface area contributed by atoms with Crippen molar-refractivity contribution in [3.05, 3.63) is 0 Å². The first-order valence-electron chi connectivity index (χ1n) is 5.18. The van der Waals surface area contributed by atoms with Gasteiger partial charge in [-0.25, -0.2) is 0 Å². The third-order valence-electron chi connectivity index (χ3n) is 3.50. The predicted molar refractivity (Wildman–Crippen MR) is 55.4 cm³/mol. The van der Waals surface area contributed by atoms with Gasteiger partial charge in [0.05, 0.1) is 0 Å². The van der Waals surface area contributed by atoms with Gasteiger partial charge < -0.3 is 15.3 Å². The number of rotatable bonds is 4. The molecule has 0 aliphatic heterocycles. The van der Waals surface area contributed by atoms with E-state index in [-0.39, 0.29) is 0 Å². The molecule has 2 atom stereocenters. The van der Waals surface area contributed by atoms with Crippen LogP contribution < -0.4 is 5.32 Å². The minimum atomic E-state index is -0.716. The highest BCUT2D eigenvalue weighted by atomic mass is 16.4. The second kappa shape index (κ2) is 4.28. The van der Waals surface area contributed by atoms with Gasteiger partial charge in [0, 0.05) is 6.04 Å². The smallest absolute Gasteiger partial charge is 0.323 e. The average molecular weight is 200 g/mol. The minimum Gasteiger partial charge on any atom is -0.480 e. The summed E-state index contributed by atoms with van der Waals surface area (Å²) in [6.07, 6.45) is 2.41. The minimum absolute atomic E-state index is 0.406. The summed E-state index contributed by atoms with van der Waals surface area (Å²) in [5.41, 5.74) is -0.686. The standard InChI is InChI=1S/C10H20N2O2/c1-4-12(3)8-5-6-10(7-8,11-2)9(13)14/h8,11H,4-7H2,1-3H3,(H,13,14). The summed E-state index contributed by atoms with van der Waals surface area (Å²) in [7, 11) is 3.79. The Balaban J connectivity index is 2.66. The quantitative estimate of drug-likeness (QED) is 0.695. The molecule has 1 aliphatic rings. The number of likely N-dealkylation sites (N-methyl/N-ethyl adjacent to an activating group) is 1. The lowest BCUT2D eigenvalue weighted by Crippen LogP contribution is -2.49. The maximum absolute atomic E-state index is 11.1. The van der Waals surface area contributed by atoms with Crippen molar-refractivity contribution in [2.75, 3.05) is 20.6 Å². The van der Waals surface area contributed by atoms with Crippen LogP contribution in [0.5, 0.6) is 0 Å². The molecule has 0 heterocycles. The van der Waals surface area contributed by atoms with Gasteiger partial charge in [-0.1, -0.05) is 6.92 Å². The van der Waals surface area contributed by atoms with Gasteiger partial charge in [0.1, 0.15) is 5.54 Å². The molecule has 14 heavy (non-hydrogen) atoms. The van der Waals surface area contributed by atoms with Crippen LogP contribution in [-0.4, -0.2) is 48.2 Å². The Morgan fingerprint density at radius 1 is 1.71 bits per heavy atom. The number of carbonyl (C=O) groups is 1. The van der Waals surface area contributed by atoms with E-state index in [0.29, 0.717) is 12.5 Å². The molecule has 1 aliphatic carbocycles. The van der Waals surface area contributed by atoms with Crippen LogP contribution in [0.2, 0.25) is 0 Å². The van der Waals surface area contributed by atoms with E-state index in [9.17, 15) is 4.79 Å². The van der Waals surface area contributed by atoms with Gasteiger partial charge >= 0.3 is 5.97 Å². The lowest BCUT2D eigenvalue weighted by Gasteiger charge is -2.26. The van der Waals surface area contributed by atoms with E-state index in [1.807, 2.05) is 0 Å². The Kier molecular flexibility index (Phi) is 3.50. The van der Waals surface area contributed by atoms with Gasteiger partial charge in [0.25, 0.3) is 0 Å². The molecule has 0 bridgehead atoms. The van der Waals surface area contributed by atoms with Gasteiger partial charge in [-0.15, -0.1) is 0 Å². The molecule has 4 heteroatoms. The zero-order chi connectivity index (χ0) is 10.8. The highest BCUT2D eigenvalue weighted by Crippen LogP contribution is 2.32. The van der Waals surface area contributed by atoms with Crippen molar-refractivity contribution in [1.29, 1.82) is 0 Å². The Bertz CT molecular complexity index is 220. The first kappa shape index (κ1) is 11.5. The maximum atomic E-state index is 11.1. The molecule has 2 N–H and O–H groups in total. The Morgan fingerprint density at radius 3 is 2.71 bits per heavy atom. The average Bonchev–Trinajstić information content (AvgIpc) is 2.62. The maximum Gasteiger partial charge on any atom is 0.323 e. The zero-order valence-electron chi connectivity index (χ0n) is 9.21. The van der Waals surface area contributed by atoms with E-state index in [4.69, 9.17) is 5.11 Å². The van der Waals surface area contributed by atoms with Crippen LogP contribution in [0, 0.1) is 0 Å². The van der Waals surface area contributed by atoms with Crippen LogP contribution >= 0.6 is 0 Å².